The summed E-state index contributed by atoms with van der Waals surface area (Å²) < 4.78 is 4.89. The molecule has 12 rings (SSSR count). The van der Waals surface area contributed by atoms with Gasteiger partial charge in [-0.3, -0.25) is 0 Å². The standard InChI is InChI=1S/C53H34N2/c1-2-16-40(17-3-1)54-48-23-10-9-21-45(48)47-31-34(26-28-50(47)54)35-25-27-46-44-20-8-11-24-49(44)55(52(46)32-35)51-33-39(30-36-13-4-6-18-41(36)51)43-22-12-15-38-29-37-14-5-7-19-42(37)53(38)43/h1-28,30-33H,29H2. The second-order valence-electron chi connectivity index (χ2n) is 14.9. The van der Waals surface area contributed by atoms with Gasteiger partial charge in [-0.15, -0.1) is 0 Å². The molecule has 256 valence electrons. The monoisotopic (exact) mass is 698 g/mol. The number of hydrogen-bond donors (Lipinski definition) is 0. The van der Waals surface area contributed by atoms with Gasteiger partial charge in [-0.2, -0.15) is 0 Å². The molecule has 1 aliphatic rings. The minimum absolute atomic E-state index is 0.980. The third kappa shape index (κ3) is 4.49. The fourth-order valence-electron chi connectivity index (χ4n) is 9.48. The van der Waals surface area contributed by atoms with Gasteiger partial charge >= 0.3 is 0 Å². The van der Waals surface area contributed by atoms with Crippen LogP contribution >= 0.6 is 0 Å². The van der Waals surface area contributed by atoms with Crippen molar-refractivity contribution in [3.05, 3.63) is 205 Å². The van der Waals surface area contributed by atoms with Crippen LogP contribution in [0.4, 0.5) is 0 Å². The van der Waals surface area contributed by atoms with Gasteiger partial charge in [0.25, 0.3) is 0 Å². The lowest BCUT2D eigenvalue weighted by molar-refractivity contribution is 1.18. The molecule has 2 heterocycles. The third-order valence-corrected chi connectivity index (χ3v) is 11.9. The molecule has 0 unspecified atom stereocenters. The number of aromatic nitrogens is 2. The average molecular weight is 699 g/mol. The summed E-state index contributed by atoms with van der Waals surface area (Å²) in [5.74, 6) is 0. The molecule has 0 aliphatic heterocycles. The van der Waals surface area contributed by atoms with Gasteiger partial charge in [-0.25, -0.2) is 0 Å². The molecule has 0 saturated carbocycles. The highest BCUT2D eigenvalue weighted by molar-refractivity contribution is 6.13. The first kappa shape index (κ1) is 30.3. The van der Waals surface area contributed by atoms with Crippen LogP contribution in [0.3, 0.4) is 0 Å². The molecule has 0 radical (unpaired) electrons. The lowest BCUT2D eigenvalue weighted by Gasteiger charge is -2.17. The summed E-state index contributed by atoms with van der Waals surface area (Å²) in [7, 11) is 0. The van der Waals surface area contributed by atoms with Crippen molar-refractivity contribution in [2.45, 2.75) is 6.42 Å². The van der Waals surface area contributed by atoms with Crippen LogP contribution in [0.15, 0.2) is 194 Å². The SMILES string of the molecule is c1ccc(-n2c3ccccc3c3cc(-c4ccc5c6ccccc6n(-c6cc(-c7cccc8c7-c7ccccc7C8)cc7ccccc67)c5c4)ccc32)cc1. The van der Waals surface area contributed by atoms with Crippen LogP contribution in [0, 0.1) is 0 Å². The molecule has 0 amide bonds. The maximum Gasteiger partial charge on any atom is 0.0547 e. The molecule has 1 aliphatic carbocycles. The minimum Gasteiger partial charge on any atom is -0.309 e. The van der Waals surface area contributed by atoms with Crippen molar-refractivity contribution >= 4 is 54.4 Å². The highest BCUT2D eigenvalue weighted by atomic mass is 15.0. The Morgan fingerprint density at radius 2 is 0.945 bits per heavy atom. The molecule has 0 atom stereocenters. The van der Waals surface area contributed by atoms with Crippen molar-refractivity contribution in [1.29, 1.82) is 0 Å². The van der Waals surface area contributed by atoms with Gasteiger partial charge in [-0.05, 0) is 111 Å². The molecule has 0 N–H and O–H groups in total. The molecule has 2 heteroatoms. The lowest BCUT2D eigenvalue weighted by Crippen LogP contribution is -1.97. The van der Waals surface area contributed by atoms with E-state index in [1.165, 1.54) is 110 Å². The van der Waals surface area contributed by atoms with Gasteiger partial charge in [-0.1, -0.05) is 140 Å². The molecule has 0 spiro atoms. The quantitative estimate of drug-likeness (QED) is 0.173. The number of hydrogen-bond acceptors (Lipinski definition) is 0. The first-order chi connectivity index (χ1) is 27.3. The summed E-state index contributed by atoms with van der Waals surface area (Å²) >= 11 is 0. The van der Waals surface area contributed by atoms with Crippen molar-refractivity contribution in [2.24, 2.45) is 0 Å². The van der Waals surface area contributed by atoms with Crippen LogP contribution in [0.25, 0.3) is 99.1 Å². The van der Waals surface area contributed by atoms with Crippen LogP contribution in [-0.4, -0.2) is 9.13 Å². The molecule has 0 bridgehead atoms. The summed E-state index contributed by atoms with van der Waals surface area (Å²) in [5.41, 5.74) is 17.7. The topological polar surface area (TPSA) is 9.86 Å². The Balaban J connectivity index is 1.10. The highest BCUT2D eigenvalue weighted by Gasteiger charge is 2.23. The lowest BCUT2D eigenvalue weighted by atomic mass is 9.92. The summed E-state index contributed by atoms with van der Waals surface area (Å²) in [6.45, 7) is 0. The molecule has 2 aromatic heterocycles. The number of nitrogens with zero attached hydrogens (tertiary/aromatic N) is 2. The van der Waals surface area contributed by atoms with E-state index >= 15 is 0 Å². The Labute approximate surface area is 318 Å². The normalized spacial score (nSPS) is 12.3. The van der Waals surface area contributed by atoms with E-state index < -0.39 is 0 Å². The molecule has 2 nitrogen and oxygen atoms in total. The van der Waals surface area contributed by atoms with E-state index in [1.807, 2.05) is 0 Å². The van der Waals surface area contributed by atoms with Gasteiger partial charge in [0, 0.05) is 32.6 Å². The zero-order valence-corrected chi connectivity index (χ0v) is 30.1. The number of benzene rings is 9. The van der Waals surface area contributed by atoms with Gasteiger partial charge in [0.15, 0.2) is 0 Å². The van der Waals surface area contributed by atoms with Crippen molar-refractivity contribution in [1.82, 2.24) is 9.13 Å². The Morgan fingerprint density at radius 3 is 1.82 bits per heavy atom. The van der Waals surface area contributed by atoms with Crippen molar-refractivity contribution < 1.29 is 0 Å². The van der Waals surface area contributed by atoms with Gasteiger partial charge in [0.1, 0.15) is 0 Å². The van der Waals surface area contributed by atoms with E-state index in [1.54, 1.807) is 0 Å². The Bertz CT molecular complexity index is 3340. The van der Waals surface area contributed by atoms with Gasteiger partial charge in [0.05, 0.1) is 27.8 Å². The van der Waals surface area contributed by atoms with Crippen LogP contribution in [-0.2, 0) is 6.42 Å². The molecular weight excluding hydrogens is 665 g/mol. The minimum atomic E-state index is 0.980. The van der Waals surface area contributed by atoms with Crippen LogP contribution in [0.5, 0.6) is 0 Å². The van der Waals surface area contributed by atoms with Crippen molar-refractivity contribution in [3.8, 4) is 44.8 Å². The molecule has 0 saturated heterocycles. The molecule has 9 aromatic carbocycles. The van der Waals surface area contributed by atoms with E-state index in [0.29, 0.717) is 0 Å². The Hall–Kier alpha value is -7.16. The van der Waals surface area contributed by atoms with Gasteiger partial charge in [0.2, 0.25) is 0 Å². The Morgan fingerprint density at radius 1 is 0.327 bits per heavy atom. The third-order valence-electron chi connectivity index (χ3n) is 11.9. The largest absolute Gasteiger partial charge is 0.309 e. The number of fused-ring (bicyclic) bond motifs is 10. The number of para-hydroxylation sites is 3. The first-order valence-electron chi connectivity index (χ1n) is 19.1. The predicted molar refractivity (Wildman–Crippen MR) is 232 cm³/mol. The molecule has 11 aromatic rings. The molecule has 55 heavy (non-hydrogen) atoms. The maximum atomic E-state index is 2.51. The fraction of sp³-hybridized carbons (Fsp3) is 0.0189. The van der Waals surface area contributed by atoms with E-state index in [0.717, 1.165) is 6.42 Å². The smallest absolute Gasteiger partial charge is 0.0547 e. The molecule has 0 fully saturated rings. The summed E-state index contributed by atoms with van der Waals surface area (Å²) in [5, 5.41) is 7.51. The highest BCUT2D eigenvalue weighted by Crippen LogP contribution is 2.45. The summed E-state index contributed by atoms with van der Waals surface area (Å²) in [6.07, 6.45) is 0.980. The number of rotatable bonds is 4. The summed E-state index contributed by atoms with van der Waals surface area (Å²) in [6, 6.07) is 71.8. The average Bonchev–Trinajstić information content (AvgIpc) is 3.91. The first-order valence-corrected chi connectivity index (χ1v) is 19.1. The second-order valence-corrected chi connectivity index (χ2v) is 14.9. The zero-order chi connectivity index (χ0) is 36.0. The Kier molecular flexibility index (Phi) is 6.43. The van der Waals surface area contributed by atoms with Crippen LogP contribution < -0.4 is 0 Å². The fourth-order valence-corrected chi connectivity index (χ4v) is 9.48. The van der Waals surface area contributed by atoms with Crippen molar-refractivity contribution in [3.63, 3.8) is 0 Å². The van der Waals surface area contributed by atoms with E-state index in [4.69, 9.17) is 0 Å². The van der Waals surface area contributed by atoms with Crippen LogP contribution in [0.2, 0.25) is 0 Å². The zero-order valence-electron chi connectivity index (χ0n) is 30.1. The van der Waals surface area contributed by atoms with Crippen molar-refractivity contribution in [2.75, 3.05) is 0 Å². The molecular formula is C53H34N2. The van der Waals surface area contributed by atoms with E-state index in [2.05, 4.69) is 203 Å². The maximum absolute atomic E-state index is 2.51. The second kappa shape index (κ2) is 11.7. The predicted octanol–water partition coefficient (Wildman–Crippen LogP) is 13.9. The van der Waals surface area contributed by atoms with Crippen LogP contribution in [0.1, 0.15) is 11.1 Å². The van der Waals surface area contributed by atoms with E-state index in [9.17, 15) is 0 Å². The summed E-state index contributed by atoms with van der Waals surface area (Å²) in [4.78, 5) is 0. The van der Waals surface area contributed by atoms with Gasteiger partial charge < -0.3 is 9.13 Å². The van der Waals surface area contributed by atoms with E-state index in [-0.39, 0.29) is 0 Å².